The van der Waals surface area contributed by atoms with Gasteiger partial charge in [0.15, 0.2) is 0 Å². The maximum Gasteiger partial charge on any atom is 0.340 e. The first kappa shape index (κ1) is 17.9. The zero-order valence-corrected chi connectivity index (χ0v) is 15.6. The Bertz CT molecular complexity index is 1160. The SMILES string of the molecule is CCOC(=O)C1=C(N)Oc2c(c(=O)[nH]c3ccccc23)C1c1ccc(C)cc1. The van der Waals surface area contributed by atoms with Crippen molar-refractivity contribution in [1.29, 1.82) is 0 Å². The zero-order valence-electron chi connectivity index (χ0n) is 15.6. The third kappa shape index (κ3) is 2.83. The molecule has 0 aliphatic carbocycles. The molecule has 0 amide bonds. The maximum absolute atomic E-state index is 13.0. The Morgan fingerprint density at radius 2 is 1.89 bits per heavy atom. The summed E-state index contributed by atoms with van der Waals surface area (Å²) in [4.78, 5) is 28.6. The van der Waals surface area contributed by atoms with Crippen LogP contribution in [0.1, 0.15) is 29.5 Å². The summed E-state index contributed by atoms with van der Waals surface area (Å²) in [5.74, 6) is -0.955. The van der Waals surface area contributed by atoms with Gasteiger partial charge in [-0.2, -0.15) is 0 Å². The first-order chi connectivity index (χ1) is 13.5. The Balaban J connectivity index is 2.03. The second-order valence-corrected chi connectivity index (χ2v) is 6.69. The lowest BCUT2D eigenvalue weighted by Crippen LogP contribution is -2.32. The monoisotopic (exact) mass is 376 g/mol. The van der Waals surface area contributed by atoms with Crippen LogP contribution in [0.2, 0.25) is 0 Å². The van der Waals surface area contributed by atoms with Gasteiger partial charge < -0.3 is 20.2 Å². The highest BCUT2D eigenvalue weighted by Gasteiger charge is 2.38. The lowest BCUT2D eigenvalue weighted by molar-refractivity contribution is -0.139. The van der Waals surface area contributed by atoms with Crippen LogP contribution < -0.4 is 16.0 Å². The van der Waals surface area contributed by atoms with E-state index in [1.54, 1.807) is 13.0 Å². The molecular formula is C22H20N2O4. The number of aryl methyl sites for hydroxylation is 1. The van der Waals surface area contributed by atoms with Crippen LogP contribution in [0.15, 0.2) is 64.8 Å². The van der Waals surface area contributed by atoms with Crippen LogP contribution in [0.25, 0.3) is 10.9 Å². The molecule has 0 fully saturated rings. The number of nitrogens with two attached hydrogens (primary N) is 1. The number of carbonyl (C=O) groups excluding carboxylic acids is 1. The lowest BCUT2D eigenvalue weighted by Gasteiger charge is -2.28. The molecule has 142 valence electrons. The molecule has 0 saturated carbocycles. The summed E-state index contributed by atoms with van der Waals surface area (Å²) in [6.07, 6.45) is 0. The molecule has 1 aliphatic rings. The third-order valence-electron chi connectivity index (χ3n) is 4.87. The maximum atomic E-state index is 13.0. The van der Waals surface area contributed by atoms with E-state index in [9.17, 15) is 9.59 Å². The smallest absolute Gasteiger partial charge is 0.340 e. The molecule has 2 heterocycles. The summed E-state index contributed by atoms with van der Waals surface area (Å²) in [5.41, 5.74) is 8.80. The number of hydrogen-bond acceptors (Lipinski definition) is 5. The Labute approximate surface area is 161 Å². The van der Waals surface area contributed by atoms with Gasteiger partial charge in [-0.3, -0.25) is 4.79 Å². The molecule has 1 aromatic heterocycles. The molecule has 6 nitrogen and oxygen atoms in total. The highest BCUT2D eigenvalue weighted by Crippen LogP contribution is 2.43. The number of H-pyrrole nitrogens is 1. The van der Waals surface area contributed by atoms with Crippen molar-refractivity contribution in [2.24, 2.45) is 5.73 Å². The fraction of sp³-hybridized carbons (Fsp3) is 0.182. The fourth-order valence-electron chi connectivity index (χ4n) is 3.57. The van der Waals surface area contributed by atoms with Crippen LogP contribution in [0.5, 0.6) is 5.75 Å². The molecule has 0 bridgehead atoms. The van der Waals surface area contributed by atoms with Gasteiger partial charge in [-0.1, -0.05) is 42.0 Å². The standard InChI is InChI=1S/C22H20N2O4/c1-3-27-22(26)18-16(13-10-8-12(2)9-11-13)17-19(28-20(18)23)14-6-4-5-7-15(14)24-21(17)25/h4-11,16H,3,23H2,1-2H3,(H,24,25). The number of hydrogen-bond donors (Lipinski definition) is 2. The van der Waals surface area contributed by atoms with Gasteiger partial charge in [-0.05, 0) is 31.5 Å². The van der Waals surface area contributed by atoms with Gasteiger partial charge in [0, 0.05) is 5.39 Å². The summed E-state index contributed by atoms with van der Waals surface area (Å²) < 4.78 is 11.0. The highest BCUT2D eigenvalue weighted by molar-refractivity contribution is 5.95. The number of pyridine rings is 1. The first-order valence-corrected chi connectivity index (χ1v) is 9.07. The predicted octanol–water partition coefficient (Wildman–Crippen LogP) is 3.09. The Hall–Kier alpha value is -3.54. The van der Waals surface area contributed by atoms with E-state index < -0.39 is 11.9 Å². The molecule has 6 heteroatoms. The summed E-state index contributed by atoms with van der Waals surface area (Å²) >= 11 is 0. The average molecular weight is 376 g/mol. The molecule has 3 aromatic rings. The number of nitrogens with one attached hydrogen (secondary N) is 1. The van der Waals surface area contributed by atoms with Crippen molar-refractivity contribution in [3.8, 4) is 5.75 Å². The van der Waals surface area contributed by atoms with E-state index in [4.69, 9.17) is 15.2 Å². The molecule has 3 N–H and O–H groups in total. The molecule has 0 radical (unpaired) electrons. The van der Waals surface area contributed by atoms with E-state index in [-0.39, 0.29) is 23.6 Å². The minimum Gasteiger partial charge on any atom is -0.462 e. The minimum absolute atomic E-state index is 0.0488. The number of aromatic nitrogens is 1. The van der Waals surface area contributed by atoms with E-state index in [0.717, 1.165) is 16.5 Å². The number of rotatable bonds is 3. The van der Waals surface area contributed by atoms with Crippen molar-refractivity contribution < 1.29 is 14.3 Å². The molecule has 1 atom stereocenters. The number of esters is 1. The predicted molar refractivity (Wildman–Crippen MR) is 106 cm³/mol. The van der Waals surface area contributed by atoms with Crippen molar-refractivity contribution in [3.05, 3.63) is 87.0 Å². The van der Waals surface area contributed by atoms with Crippen molar-refractivity contribution in [1.82, 2.24) is 4.98 Å². The van der Waals surface area contributed by atoms with Crippen molar-refractivity contribution >= 4 is 16.9 Å². The number of fused-ring (bicyclic) bond motifs is 3. The average Bonchev–Trinajstić information content (AvgIpc) is 2.68. The second kappa shape index (κ2) is 6.88. The molecule has 1 aliphatic heterocycles. The van der Waals surface area contributed by atoms with E-state index in [2.05, 4.69) is 4.98 Å². The second-order valence-electron chi connectivity index (χ2n) is 6.69. The van der Waals surface area contributed by atoms with Crippen molar-refractivity contribution in [3.63, 3.8) is 0 Å². The number of para-hydroxylation sites is 1. The normalized spacial score (nSPS) is 15.9. The number of benzene rings is 2. The van der Waals surface area contributed by atoms with Gasteiger partial charge >= 0.3 is 5.97 Å². The molecule has 28 heavy (non-hydrogen) atoms. The Morgan fingerprint density at radius 3 is 2.61 bits per heavy atom. The summed E-state index contributed by atoms with van der Waals surface area (Å²) in [6, 6.07) is 14.9. The molecular weight excluding hydrogens is 356 g/mol. The summed E-state index contributed by atoms with van der Waals surface area (Å²) in [5, 5.41) is 0.722. The molecule has 0 saturated heterocycles. The van der Waals surface area contributed by atoms with Gasteiger partial charge in [-0.15, -0.1) is 0 Å². The van der Waals surface area contributed by atoms with Crippen LogP contribution >= 0.6 is 0 Å². The number of carbonyl (C=O) groups is 1. The topological polar surface area (TPSA) is 94.4 Å². The van der Waals surface area contributed by atoms with Gasteiger partial charge in [0.1, 0.15) is 11.3 Å². The van der Waals surface area contributed by atoms with Crippen molar-refractivity contribution in [2.45, 2.75) is 19.8 Å². The van der Waals surface area contributed by atoms with Gasteiger partial charge in [0.25, 0.3) is 5.56 Å². The van der Waals surface area contributed by atoms with Gasteiger partial charge in [0.2, 0.25) is 5.88 Å². The van der Waals surface area contributed by atoms with Gasteiger partial charge in [0.05, 0.1) is 23.6 Å². The van der Waals surface area contributed by atoms with E-state index in [1.165, 1.54) is 0 Å². The molecule has 4 rings (SSSR count). The number of aromatic amines is 1. The fourth-order valence-corrected chi connectivity index (χ4v) is 3.57. The summed E-state index contributed by atoms with van der Waals surface area (Å²) in [6.45, 7) is 3.88. The Kier molecular flexibility index (Phi) is 4.39. The highest BCUT2D eigenvalue weighted by atomic mass is 16.5. The number of ether oxygens (including phenoxy) is 2. The quantitative estimate of drug-likeness (QED) is 0.685. The summed E-state index contributed by atoms with van der Waals surface area (Å²) in [7, 11) is 0. The molecule has 2 aromatic carbocycles. The van der Waals surface area contributed by atoms with E-state index in [1.807, 2.05) is 49.4 Å². The van der Waals surface area contributed by atoms with E-state index >= 15 is 0 Å². The van der Waals surface area contributed by atoms with E-state index in [0.29, 0.717) is 16.8 Å². The van der Waals surface area contributed by atoms with Crippen molar-refractivity contribution in [2.75, 3.05) is 6.61 Å². The van der Waals surface area contributed by atoms with Crippen LogP contribution in [-0.4, -0.2) is 17.6 Å². The van der Waals surface area contributed by atoms with Crippen LogP contribution in [-0.2, 0) is 9.53 Å². The molecule has 1 unspecified atom stereocenters. The molecule has 0 spiro atoms. The minimum atomic E-state index is -0.684. The van der Waals surface area contributed by atoms with Crippen LogP contribution in [0, 0.1) is 6.92 Å². The largest absolute Gasteiger partial charge is 0.462 e. The first-order valence-electron chi connectivity index (χ1n) is 9.07. The zero-order chi connectivity index (χ0) is 19.8. The lowest BCUT2D eigenvalue weighted by atomic mass is 9.82. The Morgan fingerprint density at radius 1 is 1.18 bits per heavy atom. The van der Waals surface area contributed by atoms with Crippen LogP contribution in [0.3, 0.4) is 0 Å². The van der Waals surface area contributed by atoms with Crippen LogP contribution in [0.4, 0.5) is 0 Å². The van der Waals surface area contributed by atoms with Gasteiger partial charge in [-0.25, -0.2) is 4.79 Å². The third-order valence-corrected chi connectivity index (χ3v) is 4.87.